The molecule has 0 aromatic heterocycles. The molecule has 0 saturated carbocycles. The van der Waals surface area contributed by atoms with Gasteiger partial charge in [-0.05, 0) is 24.3 Å². The van der Waals surface area contributed by atoms with E-state index < -0.39 is 17.5 Å². The minimum absolute atomic E-state index is 0.165. The summed E-state index contributed by atoms with van der Waals surface area (Å²) in [6.07, 6.45) is 1.47. The van der Waals surface area contributed by atoms with Gasteiger partial charge in [0.25, 0.3) is 5.91 Å². The predicted molar refractivity (Wildman–Crippen MR) is 53.9 cm³/mol. The van der Waals surface area contributed by atoms with E-state index in [1.165, 1.54) is 18.2 Å². The van der Waals surface area contributed by atoms with Crippen LogP contribution < -0.4 is 5.32 Å². The molecular formula is C11H10FNO2. The van der Waals surface area contributed by atoms with E-state index in [-0.39, 0.29) is 12.1 Å². The molecule has 0 fully saturated rings. The fourth-order valence-electron chi connectivity index (χ4n) is 0.978. The summed E-state index contributed by atoms with van der Waals surface area (Å²) in [5.41, 5.74) is 0.165. The number of hydrogen-bond acceptors (Lipinski definition) is 2. The number of benzene rings is 1. The Morgan fingerprint density at radius 1 is 1.33 bits per heavy atom. The first-order chi connectivity index (χ1) is 7.15. The summed E-state index contributed by atoms with van der Waals surface area (Å²) in [5, 5.41) is 2.34. The van der Waals surface area contributed by atoms with Crippen LogP contribution in [-0.2, 0) is 4.79 Å². The molecule has 78 valence electrons. The number of carbonyl (C=O) groups excluding carboxylic acids is 2. The van der Waals surface area contributed by atoms with Crippen LogP contribution in [0.25, 0.3) is 0 Å². The van der Waals surface area contributed by atoms with Crippen LogP contribution in [0.1, 0.15) is 10.4 Å². The van der Waals surface area contributed by atoms with Crippen molar-refractivity contribution in [3.05, 3.63) is 48.3 Å². The summed E-state index contributed by atoms with van der Waals surface area (Å²) in [4.78, 5) is 22.6. The van der Waals surface area contributed by atoms with Crippen molar-refractivity contribution in [3.8, 4) is 0 Å². The Labute approximate surface area is 86.6 Å². The normalized spacial score (nSPS) is 9.40. The van der Waals surface area contributed by atoms with Crippen LogP contribution in [0.2, 0.25) is 0 Å². The number of rotatable bonds is 4. The number of ketones is 1. The Bertz CT molecular complexity index is 384. The maximum absolute atomic E-state index is 12.5. The molecular weight excluding hydrogens is 197 g/mol. The molecule has 1 aromatic rings. The Kier molecular flexibility index (Phi) is 3.74. The van der Waals surface area contributed by atoms with Gasteiger partial charge in [-0.1, -0.05) is 6.08 Å². The molecule has 0 radical (unpaired) electrons. The third-order valence-corrected chi connectivity index (χ3v) is 1.72. The SMILES string of the molecule is C=CCNC(=O)C(=O)c1ccc(F)cc1. The Morgan fingerprint density at radius 3 is 2.47 bits per heavy atom. The average molecular weight is 207 g/mol. The van der Waals surface area contributed by atoms with Crippen LogP contribution in [0.15, 0.2) is 36.9 Å². The van der Waals surface area contributed by atoms with Gasteiger partial charge in [-0.2, -0.15) is 0 Å². The van der Waals surface area contributed by atoms with Crippen molar-refractivity contribution in [2.75, 3.05) is 6.54 Å². The van der Waals surface area contributed by atoms with Crippen molar-refractivity contribution in [1.29, 1.82) is 0 Å². The molecule has 15 heavy (non-hydrogen) atoms. The zero-order valence-electron chi connectivity index (χ0n) is 8.00. The number of amides is 1. The van der Waals surface area contributed by atoms with Crippen molar-refractivity contribution in [3.63, 3.8) is 0 Å². The zero-order valence-corrected chi connectivity index (χ0v) is 8.00. The smallest absolute Gasteiger partial charge is 0.292 e. The Morgan fingerprint density at radius 2 is 1.93 bits per heavy atom. The minimum atomic E-state index is -0.721. The first kappa shape index (κ1) is 11.1. The van der Waals surface area contributed by atoms with E-state index >= 15 is 0 Å². The highest BCUT2D eigenvalue weighted by molar-refractivity contribution is 6.42. The molecule has 4 heteroatoms. The van der Waals surface area contributed by atoms with Crippen LogP contribution in [0.3, 0.4) is 0 Å². The van der Waals surface area contributed by atoms with E-state index in [9.17, 15) is 14.0 Å². The van der Waals surface area contributed by atoms with E-state index in [4.69, 9.17) is 0 Å². The van der Waals surface area contributed by atoms with Gasteiger partial charge in [0.2, 0.25) is 5.78 Å². The third-order valence-electron chi connectivity index (χ3n) is 1.72. The molecule has 1 amide bonds. The van der Waals surface area contributed by atoms with E-state index in [1.807, 2.05) is 0 Å². The first-order valence-corrected chi connectivity index (χ1v) is 4.34. The van der Waals surface area contributed by atoms with Gasteiger partial charge in [0, 0.05) is 12.1 Å². The van der Waals surface area contributed by atoms with Gasteiger partial charge in [0.05, 0.1) is 0 Å². The zero-order chi connectivity index (χ0) is 11.3. The topological polar surface area (TPSA) is 46.2 Å². The quantitative estimate of drug-likeness (QED) is 0.459. The second-order valence-electron chi connectivity index (χ2n) is 2.83. The van der Waals surface area contributed by atoms with Gasteiger partial charge < -0.3 is 5.32 Å². The maximum Gasteiger partial charge on any atom is 0.292 e. The number of Topliss-reactive ketones (excluding diaryl/α,β-unsaturated/α-hetero) is 1. The Balaban J connectivity index is 2.72. The van der Waals surface area contributed by atoms with Gasteiger partial charge in [-0.3, -0.25) is 9.59 Å². The highest BCUT2D eigenvalue weighted by Gasteiger charge is 2.14. The fraction of sp³-hybridized carbons (Fsp3) is 0.0909. The molecule has 1 N–H and O–H groups in total. The summed E-state index contributed by atoms with van der Waals surface area (Å²) in [6, 6.07) is 4.80. The lowest BCUT2D eigenvalue weighted by atomic mass is 10.1. The number of halogens is 1. The molecule has 3 nitrogen and oxygen atoms in total. The van der Waals surface area contributed by atoms with E-state index in [0.717, 1.165) is 12.1 Å². The van der Waals surface area contributed by atoms with Crippen molar-refractivity contribution >= 4 is 11.7 Å². The molecule has 1 aromatic carbocycles. The van der Waals surface area contributed by atoms with Gasteiger partial charge in [-0.15, -0.1) is 6.58 Å². The van der Waals surface area contributed by atoms with Gasteiger partial charge in [-0.25, -0.2) is 4.39 Å². The lowest BCUT2D eigenvalue weighted by Gasteiger charge is -2.00. The molecule has 0 aliphatic heterocycles. The molecule has 0 unspecified atom stereocenters. The predicted octanol–water partition coefficient (Wildman–Crippen LogP) is 1.31. The molecule has 0 aliphatic rings. The highest BCUT2D eigenvalue weighted by atomic mass is 19.1. The molecule has 0 spiro atoms. The molecule has 0 saturated heterocycles. The van der Waals surface area contributed by atoms with Gasteiger partial charge in [0.1, 0.15) is 5.82 Å². The molecule has 0 atom stereocenters. The summed E-state index contributed by atoms with van der Waals surface area (Å²) in [5.74, 6) is -1.85. The van der Waals surface area contributed by atoms with Crippen LogP contribution in [0.5, 0.6) is 0 Å². The first-order valence-electron chi connectivity index (χ1n) is 4.34. The average Bonchev–Trinajstić information content (AvgIpc) is 2.26. The minimum Gasteiger partial charge on any atom is -0.346 e. The number of carbonyl (C=O) groups is 2. The third kappa shape index (κ3) is 3.02. The second kappa shape index (κ2) is 5.05. The molecule has 0 heterocycles. The summed E-state index contributed by atoms with van der Waals surface area (Å²) < 4.78 is 12.5. The number of hydrogen-bond donors (Lipinski definition) is 1. The molecule has 0 bridgehead atoms. The van der Waals surface area contributed by atoms with Crippen LogP contribution in [-0.4, -0.2) is 18.2 Å². The van der Waals surface area contributed by atoms with Crippen molar-refractivity contribution in [1.82, 2.24) is 5.32 Å². The summed E-state index contributed by atoms with van der Waals surface area (Å²) >= 11 is 0. The lowest BCUT2D eigenvalue weighted by Crippen LogP contribution is -2.30. The van der Waals surface area contributed by atoms with E-state index in [1.54, 1.807) is 0 Å². The van der Waals surface area contributed by atoms with E-state index in [0.29, 0.717) is 0 Å². The van der Waals surface area contributed by atoms with Crippen LogP contribution in [0.4, 0.5) is 4.39 Å². The Hall–Kier alpha value is -1.97. The fourth-order valence-corrected chi connectivity index (χ4v) is 0.978. The highest BCUT2D eigenvalue weighted by Crippen LogP contribution is 2.03. The largest absolute Gasteiger partial charge is 0.346 e. The van der Waals surface area contributed by atoms with Crippen molar-refractivity contribution in [2.24, 2.45) is 0 Å². The summed E-state index contributed by atoms with van der Waals surface area (Å²) in [7, 11) is 0. The van der Waals surface area contributed by atoms with Crippen molar-refractivity contribution < 1.29 is 14.0 Å². The lowest BCUT2D eigenvalue weighted by molar-refractivity contribution is -0.116. The maximum atomic E-state index is 12.5. The van der Waals surface area contributed by atoms with Gasteiger partial charge >= 0.3 is 0 Å². The summed E-state index contributed by atoms with van der Waals surface area (Å²) in [6.45, 7) is 3.63. The molecule has 1 rings (SSSR count). The standard InChI is InChI=1S/C11H10FNO2/c1-2-7-13-11(15)10(14)8-3-5-9(12)6-4-8/h2-6H,1,7H2,(H,13,15). The van der Waals surface area contributed by atoms with Crippen LogP contribution in [0, 0.1) is 5.82 Å². The van der Waals surface area contributed by atoms with Crippen molar-refractivity contribution in [2.45, 2.75) is 0 Å². The second-order valence-corrected chi connectivity index (χ2v) is 2.83. The monoisotopic (exact) mass is 207 g/mol. The number of nitrogens with one attached hydrogen (secondary N) is 1. The van der Waals surface area contributed by atoms with E-state index in [2.05, 4.69) is 11.9 Å². The van der Waals surface area contributed by atoms with Gasteiger partial charge in [0.15, 0.2) is 0 Å². The molecule has 0 aliphatic carbocycles. The van der Waals surface area contributed by atoms with Crippen LogP contribution >= 0.6 is 0 Å².